The number of rotatable bonds is 5. The summed E-state index contributed by atoms with van der Waals surface area (Å²) in [6, 6.07) is 2.03. The molecule has 1 fully saturated rings. The molecule has 2 N–H and O–H groups in total. The summed E-state index contributed by atoms with van der Waals surface area (Å²) in [5.41, 5.74) is 0.947. The number of aryl methyl sites for hydroxylation is 1. The van der Waals surface area contributed by atoms with Gasteiger partial charge in [-0.2, -0.15) is 18.2 Å². The van der Waals surface area contributed by atoms with Gasteiger partial charge in [0.1, 0.15) is 17.2 Å². The number of fused-ring (bicyclic) bond motifs is 1. The third kappa shape index (κ3) is 3.91. The van der Waals surface area contributed by atoms with Crippen molar-refractivity contribution in [1.29, 1.82) is 0 Å². The second-order valence-electron chi connectivity index (χ2n) is 6.89. The minimum atomic E-state index is -4.49. The second kappa shape index (κ2) is 6.86. The molecule has 0 atom stereocenters. The van der Waals surface area contributed by atoms with Crippen molar-refractivity contribution in [2.45, 2.75) is 44.8 Å². The fourth-order valence-corrected chi connectivity index (χ4v) is 3.22. The maximum atomic E-state index is 13.2. The highest BCUT2D eigenvalue weighted by molar-refractivity contribution is 5.61. The quantitative estimate of drug-likeness (QED) is 0.820. The first-order valence-electron chi connectivity index (χ1n) is 9.15. The van der Waals surface area contributed by atoms with E-state index in [1.165, 1.54) is 0 Å². The van der Waals surface area contributed by atoms with Crippen molar-refractivity contribution in [2.75, 3.05) is 28.6 Å². The number of nitrogens with zero attached hydrogens (tertiary/aromatic N) is 4. The van der Waals surface area contributed by atoms with E-state index in [4.69, 9.17) is 0 Å². The maximum Gasteiger partial charge on any atom is 0.421 e. The van der Waals surface area contributed by atoms with Crippen LogP contribution in [0.25, 0.3) is 0 Å². The van der Waals surface area contributed by atoms with Crippen LogP contribution in [0.15, 0.2) is 18.5 Å². The SMILES string of the molecule is CCN1CCCc2cc(Nc3ncc(C(F)(F)F)c(NC4CC4)n3)cnc21. The first-order chi connectivity index (χ1) is 12.9. The predicted octanol–water partition coefficient (Wildman–Crippen LogP) is 3.98. The maximum absolute atomic E-state index is 13.2. The van der Waals surface area contributed by atoms with Gasteiger partial charge in [0.2, 0.25) is 5.95 Å². The molecule has 0 amide bonds. The smallest absolute Gasteiger partial charge is 0.367 e. The van der Waals surface area contributed by atoms with Crippen LogP contribution in [0.2, 0.25) is 0 Å². The van der Waals surface area contributed by atoms with Gasteiger partial charge in [-0.25, -0.2) is 9.97 Å². The predicted molar refractivity (Wildman–Crippen MR) is 97.4 cm³/mol. The van der Waals surface area contributed by atoms with E-state index in [0.29, 0.717) is 5.69 Å². The van der Waals surface area contributed by atoms with Crippen molar-refractivity contribution in [1.82, 2.24) is 15.0 Å². The van der Waals surface area contributed by atoms with E-state index < -0.39 is 11.7 Å². The molecule has 0 saturated heterocycles. The minimum Gasteiger partial charge on any atom is -0.367 e. The fraction of sp³-hybridized carbons (Fsp3) is 0.500. The Hall–Kier alpha value is -2.58. The molecule has 2 aliphatic rings. The molecular formula is C18H21F3N6. The minimum absolute atomic E-state index is 0.0549. The number of halogens is 3. The summed E-state index contributed by atoms with van der Waals surface area (Å²) in [5.74, 6) is 0.917. The van der Waals surface area contributed by atoms with E-state index >= 15 is 0 Å². The Morgan fingerprint density at radius 1 is 1.22 bits per heavy atom. The molecule has 144 valence electrons. The molecule has 0 unspecified atom stereocenters. The highest BCUT2D eigenvalue weighted by atomic mass is 19.4. The average molecular weight is 378 g/mol. The van der Waals surface area contributed by atoms with Gasteiger partial charge in [-0.1, -0.05) is 0 Å². The van der Waals surface area contributed by atoms with E-state index in [1.807, 2.05) is 6.07 Å². The highest BCUT2D eigenvalue weighted by Gasteiger charge is 2.36. The Bertz CT molecular complexity index is 834. The molecule has 3 heterocycles. The highest BCUT2D eigenvalue weighted by Crippen LogP contribution is 2.36. The lowest BCUT2D eigenvalue weighted by Gasteiger charge is -2.29. The number of alkyl halides is 3. The topological polar surface area (TPSA) is 66.0 Å². The summed E-state index contributed by atoms with van der Waals surface area (Å²) in [7, 11) is 0. The van der Waals surface area contributed by atoms with Gasteiger partial charge in [0.15, 0.2) is 0 Å². The van der Waals surface area contributed by atoms with Crippen LogP contribution < -0.4 is 15.5 Å². The zero-order chi connectivity index (χ0) is 19.0. The molecule has 0 aromatic carbocycles. The molecule has 27 heavy (non-hydrogen) atoms. The van der Waals surface area contributed by atoms with Gasteiger partial charge in [0.25, 0.3) is 0 Å². The Morgan fingerprint density at radius 3 is 2.74 bits per heavy atom. The van der Waals surface area contributed by atoms with Crippen LogP contribution in [-0.2, 0) is 12.6 Å². The summed E-state index contributed by atoms with van der Waals surface area (Å²) >= 11 is 0. The van der Waals surface area contributed by atoms with E-state index in [9.17, 15) is 13.2 Å². The molecule has 1 aliphatic heterocycles. The summed E-state index contributed by atoms with van der Waals surface area (Å²) in [5, 5.41) is 5.84. The average Bonchev–Trinajstić information content (AvgIpc) is 3.44. The Morgan fingerprint density at radius 2 is 2.04 bits per heavy atom. The van der Waals surface area contributed by atoms with Crippen molar-refractivity contribution in [3.63, 3.8) is 0 Å². The van der Waals surface area contributed by atoms with Crippen LogP contribution >= 0.6 is 0 Å². The van der Waals surface area contributed by atoms with E-state index in [1.54, 1.807) is 6.20 Å². The number of nitrogens with one attached hydrogen (secondary N) is 2. The number of hydrogen-bond donors (Lipinski definition) is 2. The van der Waals surface area contributed by atoms with Crippen LogP contribution in [0.5, 0.6) is 0 Å². The van der Waals surface area contributed by atoms with Crippen molar-refractivity contribution < 1.29 is 13.2 Å². The fourth-order valence-electron chi connectivity index (χ4n) is 3.22. The molecule has 1 aliphatic carbocycles. The van der Waals surface area contributed by atoms with Gasteiger partial charge in [0.05, 0.1) is 11.9 Å². The van der Waals surface area contributed by atoms with Crippen LogP contribution in [-0.4, -0.2) is 34.1 Å². The normalized spacial score (nSPS) is 16.8. The zero-order valence-electron chi connectivity index (χ0n) is 15.0. The van der Waals surface area contributed by atoms with Crippen LogP contribution in [0.4, 0.5) is 36.4 Å². The molecule has 0 radical (unpaired) electrons. The molecule has 6 nitrogen and oxygen atoms in total. The molecule has 0 spiro atoms. The van der Waals surface area contributed by atoms with Gasteiger partial charge in [0, 0.05) is 25.3 Å². The lowest BCUT2D eigenvalue weighted by Crippen LogP contribution is -2.29. The third-order valence-electron chi connectivity index (χ3n) is 4.77. The molecule has 2 aromatic heterocycles. The molecule has 2 aromatic rings. The zero-order valence-corrected chi connectivity index (χ0v) is 15.0. The Balaban J connectivity index is 1.59. The van der Waals surface area contributed by atoms with Gasteiger partial charge < -0.3 is 15.5 Å². The number of pyridine rings is 1. The summed E-state index contributed by atoms with van der Waals surface area (Å²) in [6.45, 7) is 3.97. The Labute approximate surface area is 155 Å². The van der Waals surface area contributed by atoms with E-state index in [0.717, 1.165) is 56.4 Å². The standard InChI is InChI=1S/C18H21F3N6/c1-2-27-7-3-4-11-8-13(9-22-16(11)27)25-17-23-10-14(18(19,20)21)15(26-17)24-12-5-6-12/h8-10,12H,2-7H2,1H3,(H2,23,24,25,26). The molecule has 9 heteroatoms. The third-order valence-corrected chi connectivity index (χ3v) is 4.77. The van der Waals surface area contributed by atoms with Gasteiger partial charge in [-0.3, -0.25) is 0 Å². The molecule has 1 saturated carbocycles. The van der Waals surface area contributed by atoms with Crippen molar-refractivity contribution >= 4 is 23.3 Å². The summed E-state index contributed by atoms with van der Waals surface area (Å²) < 4.78 is 39.5. The van der Waals surface area contributed by atoms with Crippen molar-refractivity contribution in [3.8, 4) is 0 Å². The largest absolute Gasteiger partial charge is 0.421 e. The van der Waals surface area contributed by atoms with Crippen molar-refractivity contribution in [3.05, 3.63) is 29.6 Å². The lowest BCUT2D eigenvalue weighted by atomic mass is 10.1. The summed E-state index contributed by atoms with van der Waals surface area (Å²) in [6.07, 6.45) is 1.69. The van der Waals surface area contributed by atoms with Gasteiger partial charge in [-0.05, 0) is 44.2 Å². The molecule has 4 rings (SSSR count). The Kier molecular flexibility index (Phi) is 4.53. The monoisotopic (exact) mass is 378 g/mol. The molecular weight excluding hydrogens is 357 g/mol. The lowest BCUT2D eigenvalue weighted by molar-refractivity contribution is -0.137. The van der Waals surface area contributed by atoms with Crippen LogP contribution in [0.1, 0.15) is 37.3 Å². The number of hydrogen-bond acceptors (Lipinski definition) is 6. The number of aromatic nitrogens is 3. The van der Waals surface area contributed by atoms with E-state index in [-0.39, 0.29) is 17.8 Å². The van der Waals surface area contributed by atoms with E-state index in [2.05, 4.69) is 37.4 Å². The first-order valence-corrected chi connectivity index (χ1v) is 9.15. The second-order valence-corrected chi connectivity index (χ2v) is 6.89. The molecule has 0 bridgehead atoms. The first kappa shape index (κ1) is 17.8. The van der Waals surface area contributed by atoms with Crippen LogP contribution in [0.3, 0.4) is 0 Å². The van der Waals surface area contributed by atoms with Gasteiger partial charge >= 0.3 is 6.18 Å². The van der Waals surface area contributed by atoms with Gasteiger partial charge in [-0.15, -0.1) is 0 Å². The van der Waals surface area contributed by atoms with Crippen molar-refractivity contribution in [2.24, 2.45) is 0 Å². The number of anilines is 4. The summed E-state index contributed by atoms with van der Waals surface area (Å²) in [4.78, 5) is 14.7. The van der Waals surface area contributed by atoms with Crippen LogP contribution in [0, 0.1) is 0 Å².